The number of ether oxygens (including phenoxy) is 1. The fourth-order valence-corrected chi connectivity index (χ4v) is 4.56. The number of anilines is 1. The van der Waals surface area contributed by atoms with Gasteiger partial charge in [0.25, 0.3) is 0 Å². The van der Waals surface area contributed by atoms with Crippen LogP contribution in [-0.4, -0.2) is 78.8 Å². The van der Waals surface area contributed by atoms with Crippen molar-refractivity contribution in [3.8, 4) is 0 Å². The lowest BCUT2D eigenvalue weighted by molar-refractivity contribution is -0.147. The van der Waals surface area contributed by atoms with E-state index in [9.17, 15) is 19.2 Å². The molecule has 3 N–H and O–H groups in total. The van der Waals surface area contributed by atoms with Crippen LogP contribution in [0.25, 0.3) is 0 Å². The van der Waals surface area contributed by atoms with E-state index in [1.165, 1.54) is 23.8 Å². The molecular weight excluding hydrogens is 476 g/mol. The highest BCUT2D eigenvalue weighted by Gasteiger charge is 2.39. The maximum absolute atomic E-state index is 13.3. The van der Waals surface area contributed by atoms with E-state index in [1.54, 1.807) is 31.7 Å². The van der Waals surface area contributed by atoms with Gasteiger partial charge in [-0.1, -0.05) is 19.9 Å². The number of nitrogens with zero attached hydrogens (tertiary/aromatic N) is 1. The van der Waals surface area contributed by atoms with Gasteiger partial charge in [0.15, 0.2) is 0 Å². The van der Waals surface area contributed by atoms with Crippen LogP contribution >= 0.6 is 23.5 Å². The molecule has 188 valence electrons. The summed E-state index contributed by atoms with van der Waals surface area (Å²) < 4.78 is 4.83. The smallest absolute Gasteiger partial charge is 0.328 e. The maximum atomic E-state index is 13.3. The number of piperidine rings is 1. The Kier molecular flexibility index (Phi) is 11.0. The number of benzene rings is 1. The number of esters is 1. The number of carbonyl (C=O) groups is 4. The highest BCUT2D eigenvalue weighted by atomic mass is 32.2. The van der Waals surface area contributed by atoms with Crippen molar-refractivity contribution in [2.45, 2.75) is 49.7 Å². The van der Waals surface area contributed by atoms with E-state index in [0.717, 1.165) is 4.90 Å². The lowest BCUT2D eigenvalue weighted by Gasteiger charge is -2.39. The lowest BCUT2D eigenvalue weighted by atomic mass is 9.95. The van der Waals surface area contributed by atoms with Gasteiger partial charge < -0.3 is 25.6 Å². The molecule has 1 aliphatic rings. The summed E-state index contributed by atoms with van der Waals surface area (Å²) in [6, 6.07) is 5.07. The Labute approximate surface area is 209 Å². The van der Waals surface area contributed by atoms with Crippen molar-refractivity contribution < 1.29 is 23.9 Å². The number of hydrogen-bond donors (Lipinski definition) is 3. The Balaban J connectivity index is 2.22. The van der Waals surface area contributed by atoms with E-state index < -0.39 is 30.0 Å². The van der Waals surface area contributed by atoms with Gasteiger partial charge in [0, 0.05) is 23.2 Å². The van der Waals surface area contributed by atoms with Crippen LogP contribution in [0.3, 0.4) is 0 Å². The van der Waals surface area contributed by atoms with E-state index in [2.05, 4.69) is 16.0 Å². The summed E-state index contributed by atoms with van der Waals surface area (Å²) in [7, 11) is 1.27. The molecule has 0 spiro atoms. The zero-order valence-corrected chi connectivity index (χ0v) is 21.9. The molecule has 1 aromatic carbocycles. The van der Waals surface area contributed by atoms with Gasteiger partial charge in [-0.3, -0.25) is 9.59 Å². The minimum Gasteiger partial charge on any atom is -0.467 e. The molecule has 0 bridgehead atoms. The first kappa shape index (κ1) is 27.8. The van der Waals surface area contributed by atoms with Crippen molar-refractivity contribution in [1.82, 2.24) is 15.5 Å². The number of rotatable bonds is 9. The predicted octanol–water partition coefficient (Wildman–Crippen LogP) is 2.57. The summed E-state index contributed by atoms with van der Waals surface area (Å²) in [5, 5.41) is 8.56. The van der Waals surface area contributed by atoms with Crippen LogP contribution in [-0.2, 0) is 19.1 Å². The molecule has 0 aromatic heterocycles. The molecule has 9 nitrogen and oxygen atoms in total. The van der Waals surface area contributed by atoms with Crippen LogP contribution in [0.4, 0.5) is 10.5 Å². The van der Waals surface area contributed by atoms with Crippen LogP contribution in [0.1, 0.15) is 26.7 Å². The molecule has 0 unspecified atom stereocenters. The van der Waals surface area contributed by atoms with E-state index in [0.29, 0.717) is 17.9 Å². The Hall–Kier alpha value is -2.40. The quantitative estimate of drug-likeness (QED) is 0.345. The van der Waals surface area contributed by atoms with E-state index >= 15 is 0 Å². The van der Waals surface area contributed by atoms with Crippen molar-refractivity contribution in [3.63, 3.8) is 0 Å². The van der Waals surface area contributed by atoms with E-state index in [1.807, 2.05) is 30.7 Å². The highest BCUT2D eigenvalue weighted by molar-refractivity contribution is 7.99. The minimum atomic E-state index is -0.858. The molecule has 1 aliphatic heterocycles. The largest absolute Gasteiger partial charge is 0.467 e. The monoisotopic (exact) mass is 510 g/mol. The van der Waals surface area contributed by atoms with Gasteiger partial charge in [-0.15, -0.1) is 11.8 Å². The maximum Gasteiger partial charge on any atom is 0.328 e. The number of likely N-dealkylation sites (tertiary alicyclic amines) is 1. The molecule has 1 fully saturated rings. The molecule has 4 amide bonds. The van der Waals surface area contributed by atoms with Crippen molar-refractivity contribution in [3.05, 3.63) is 24.3 Å². The third-order valence-electron chi connectivity index (χ3n) is 5.55. The van der Waals surface area contributed by atoms with Gasteiger partial charge in [0.2, 0.25) is 11.8 Å². The van der Waals surface area contributed by atoms with E-state index in [-0.39, 0.29) is 30.8 Å². The molecule has 0 saturated carbocycles. The number of nitrogens with one attached hydrogen (secondary N) is 3. The van der Waals surface area contributed by atoms with Crippen LogP contribution in [0.15, 0.2) is 29.2 Å². The third-order valence-corrected chi connectivity index (χ3v) is 6.82. The Bertz CT molecular complexity index is 883. The number of urea groups is 1. The molecule has 0 aliphatic carbocycles. The highest BCUT2D eigenvalue weighted by Crippen LogP contribution is 2.23. The number of hydrogen-bond acceptors (Lipinski definition) is 7. The summed E-state index contributed by atoms with van der Waals surface area (Å²) in [5.74, 6) is -0.998. The van der Waals surface area contributed by atoms with Gasteiger partial charge in [-0.05, 0) is 49.5 Å². The first-order chi connectivity index (χ1) is 16.2. The van der Waals surface area contributed by atoms with Gasteiger partial charge in [-0.2, -0.15) is 11.8 Å². The molecule has 0 radical (unpaired) electrons. The second-order valence-corrected chi connectivity index (χ2v) is 10.1. The standard InChI is InChI=1S/C23H34N4O5S2/c1-14(2)20(22(30)32-3)26-21(29)18-12-16(24-19(28)13-33-4)9-10-27(18)23(31)25-15-7-6-8-17(11-15)34-5/h6-8,11,14,16,18,20H,9-10,12-13H2,1-5H3,(H,24,28)(H,25,31)(H,26,29)/t16-,18+,20+/m0/s1. The zero-order valence-electron chi connectivity index (χ0n) is 20.3. The van der Waals surface area contributed by atoms with Gasteiger partial charge in [0.05, 0.1) is 12.9 Å². The van der Waals surface area contributed by atoms with Crippen molar-refractivity contribution in [1.29, 1.82) is 0 Å². The number of thioether (sulfide) groups is 2. The van der Waals surface area contributed by atoms with Crippen molar-refractivity contribution in [2.75, 3.05) is 37.2 Å². The fraction of sp³-hybridized carbons (Fsp3) is 0.565. The SMILES string of the molecule is COC(=O)[C@H](NC(=O)[C@H]1C[C@@H](NC(=O)CSC)CCN1C(=O)Nc1cccc(SC)c1)C(C)C. The normalized spacial score (nSPS) is 18.7. The molecule has 34 heavy (non-hydrogen) atoms. The Morgan fingerprint density at radius 2 is 1.94 bits per heavy atom. The van der Waals surface area contributed by atoms with Crippen LogP contribution in [0.2, 0.25) is 0 Å². The topological polar surface area (TPSA) is 117 Å². The van der Waals surface area contributed by atoms with Gasteiger partial charge >= 0.3 is 12.0 Å². The predicted molar refractivity (Wildman–Crippen MR) is 136 cm³/mol. The second kappa shape index (κ2) is 13.5. The molecular formula is C23H34N4O5S2. The molecule has 1 aromatic rings. The third kappa shape index (κ3) is 7.83. The first-order valence-corrected chi connectivity index (χ1v) is 13.7. The minimum absolute atomic E-state index is 0.113. The van der Waals surface area contributed by atoms with E-state index in [4.69, 9.17) is 4.74 Å². The fourth-order valence-electron chi connectivity index (χ4n) is 3.76. The molecule has 1 heterocycles. The summed E-state index contributed by atoms with van der Waals surface area (Å²) >= 11 is 2.97. The first-order valence-electron chi connectivity index (χ1n) is 11.1. The molecule has 3 atom stereocenters. The Morgan fingerprint density at radius 3 is 2.56 bits per heavy atom. The average Bonchev–Trinajstić information content (AvgIpc) is 2.81. The lowest BCUT2D eigenvalue weighted by Crippen LogP contribution is -2.60. The van der Waals surface area contributed by atoms with Crippen molar-refractivity contribution in [2.24, 2.45) is 5.92 Å². The van der Waals surface area contributed by atoms with Gasteiger partial charge in [0.1, 0.15) is 12.1 Å². The molecule has 1 saturated heterocycles. The summed E-state index contributed by atoms with van der Waals surface area (Å²) in [6.07, 6.45) is 4.56. The summed E-state index contributed by atoms with van der Waals surface area (Å²) in [4.78, 5) is 53.2. The van der Waals surface area contributed by atoms with Gasteiger partial charge in [-0.25, -0.2) is 9.59 Å². The number of amides is 4. The van der Waals surface area contributed by atoms with Crippen molar-refractivity contribution >= 4 is 53.0 Å². The number of methoxy groups -OCH3 is 1. The number of carbonyl (C=O) groups excluding carboxylic acids is 4. The van der Waals surface area contributed by atoms with Crippen LogP contribution < -0.4 is 16.0 Å². The average molecular weight is 511 g/mol. The summed E-state index contributed by atoms with van der Waals surface area (Å²) in [5.41, 5.74) is 0.626. The zero-order chi connectivity index (χ0) is 25.3. The van der Waals surface area contributed by atoms with Crippen LogP contribution in [0.5, 0.6) is 0 Å². The second-order valence-electron chi connectivity index (χ2n) is 8.35. The molecule has 2 rings (SSSR count). The Morgan fingerprint density at radius 1 is 1.21 bits per heavy atom. The summed E-state index contributed by atoms with van der Waals surface area (Å²) in [6.45, 7) is 3.88. The van der Waals surface area contributed by atoms with Crippen LogP contribution in [0, 0.1) is 5.92 Å². The molecule has 11 heteroatoms.